The van der Waals surface area contributed by atoms with E-state index in [0.717, 1.165) is 22.0 Å². The minimum Gasteiger partial charge on any atom is -0.489 e. The molecule has 0 aliphatic rings. The Kier molecular flexibility index (Phi) is 5.41. The van der Waals surface area contributed by atoms with Gasteiger partial charge in [0.25, 0.3) is 5.89 Å². The molecule has 2 aromatic carbocycles. The summed E-state index contributed by atoms with van der Waals surface area (Å²) in [6, 6.07) is 11.0. The van der Waals surface area contributed by atoms with E-state index >= 15 is 0 Å². The van der Waals surface area contributed by atoms with E-state index in [4.69, 9.17) is 20.9 Å². The fourth-order valence-electron chi connectivity index (χ4n) is 3.25. The Morgan fingerprint density at radius 2 is 2.13 bits per heavy atom. The number of nitrogens with zero attached hydrogens (tertiary/aromatic N) is 3. The molecule has 8 nitrogen and oxygen atoms in total. The lowest BCUT2D eigenvalue weighted by atomic mass is 10.1. The molecule has 0 aliphatic carbocycles. The Labute approximate surface area is 177 Å². The van der Waals surface area contributed by atoms with Gasteiger partial charge in [0.1, 0.15) is 5.75 Å². The van der Waals surface area contributed by atoms with Crippen LogP contribution in [-0.4, -0.2) is 32.7 Å². The van der Waals surface area contributed by atoms with Crippen molar-refractivity contribution in [2.45, 2.75) is 26.4 Å². The minimum atomic E-state index is -0.323. The normalized spacial score (nSPS) is 11.3. The van der Waals surface area contributed by atoms with Crippen LogP contribution in [0.5, 0.6) is 5.75 Å². The number of H-pyrrole nitrogens is 1. The number of aromatic amines is 1. The largest absolute Gasteiger partial charge is 0.489 e. The maximum absolute atomic E-state index is 10.7. The molecule has 4 aromatic rings. The molecule has 30 heavy (non-hydrogen) atoms. The third kappa shape index (κ3) is 3.99. The van der Waals surface area contributed by atoms with Gasteiger partial charge in [0.15, 0.2) is 0 Å². The summed E-state index contributed by atoms with van der Waals surface area (Å²) in [6.45, 7) is 3.73. The average molecular weight is 427 g/mol. The number of ether oxygens (including phenoxy) is 1. The Morgan fingerprint density at radius 1 is 1.30 bits per heavy atom. The van der Waals surface area contributed by atoms with Gasteiger partial charge in [-0.3, -0.25) is 10.1 Å². The Morgan fingerprint density at radius 3 is 2.87 bits per heavy atom. The standard InChI is InChI=1S/C21H19ClN4O4/c1-12(2)29-18-7-6-13(10-17(18)22)21-24-20(25-30-21)16-5-3-4-15-14(8-9-26(27)28)11-23-19(15)16/h3-7,10-12,23H,8-9H2,1-2H3. The summed E-state index contributed by atoms with van der Waals surface area (Å²) in [6.07, 6.45) is 2.14. The molecule has 2 heterocycles. The van der Waals surface area contributed by atoms with E-state index in [9.17, 15) is 10.1 Å². The Balaban J connectivity index is 1.65. The third-order valence-corrected chi connectivity index (χ3v) is 4.87. The van der Waals surface area contributed by atoms with Crippen molar-refractivity contribution in [1.82, 2.24) is 15.1 Å². The molecule has 0 fully saturated rings. The number of halogens is 1. The Hall–Kier alpha value is -3.39. The molecule has 154 valence electrons. The molecule has 0 amide bonds. The summed E-state index contributed by atoms with van der Waals surface area (Å²) in [7, 11) is 0. The molecule has 0 spiro atoms. The number of hydrogen-bond acceptors (Lipinski definition) is 6. The Bertz CT molecular complexity index is 1210. The number of aromatic nitrogens is 3. The van der Waals surface area contributed by atoms with Crippen LogP contribution in [0.1, 0.15) is 19.4 Å². The number of nitrogens with one attached hydrogen (secondary N) is 1. The maximum Gasteiger partial charge on any atom is 0.258 e. The lowest BCUT2D eigenvalue weighted by molar-refractivity contribution is -0.479. The molecule has 0 unspecified atom stereocenters. The van der Waals surface area contributed by atoms with Gasteiger partial charge in [-0.05, 0) is 43.7 Å². The fraction of sp³-hybridized carbons (Fsp3) is 0.238. The van der Waals surface area contributed by atoms with E-state index in [-0.39, 0.29) is 17.6 Å². The van der Waals surface area contributed by atoms with Crippen LogP contribution in [0.2, 0.25) is 5.02 Å². The van der Waals surface area contributed by atoms with Crippen molar-refractivity contribution < 1.29 is 14.2 Å². The summed E-state index contributed by atoms with van der Waals surface area (Å²) in [4.78, 5) is 18.1. The van der Waals surface area contributed by atoms with Crippen LogP contribution < -0.4 is 4.74 Å². The van der Waals surface area contributed by atoms with Gasteiger partial charge >= 0.3 is 0 Å². The second-order valence-corrected chi connectivity index (χ2v) is 7.49. The van der Waals surface area contributed by atoms with Crippen LogP contribution in [0.4, 0.5) is 0 Å². The third-order valence-electron chi connectivity index (χ3n) is 4.57. The van der Waals surface area contributed by atoms with E-state index in [1.165, 1.54) is 0 Å². The number of fused-ring (bicyclic) bond motifs is 1. The zero-order chi connectivity index (χ0) is 21.3. The number of para-hydroxylation sites is 1. The average Bonchev–Trinajstić information content (AvgIpc) is 3.34. The van der Waals surface area contributed by atoms with Crippen LogP contribution in [0.15, 0.2) is 47.1 Å². The van der Waals surface area contributed by atoms with Crippen molar-refractivity contribution in [1.29, 1.82) is 0 Å². The highest BCUT2D eigenvalue weighted by molar-refractivity contribution is 6.32. The first-order valence-corrected chi connectivity index (χ1v) is 9.81. The molecular formula is C21H19ClN4O4. The quantitative estimate of drug-likeness (QED) is 0.323. The van der Waals surface area contributed by atoms with Crippen LogP contribution >= 0.6 is 11.6 Å². The molecule has 0 radical (unpaired) electrons. The van der Waals surface area contributed by atoms with Gasteiger partial charge in [-0.1, -0.05) is 28.9 Å². The zero-order valence-corrected chi connectivity index (χ0v) is 17.1. The lowest BCUT2D eigenvalue weighted by Crippen LogP contribution is -2.05. The molecule has 4 rings (SSSR count). The second-order valence-electron chi connectivity index (χ2n) is 7.08. The number of hydrogen-bond donors (Lipinski definition) is 1. The van der Waals surface area contributed by atoms with Crippen LogP contribution in [-0.2, 0) is 6.42 Å². The molecule has 0 atom stereocenters. The van der Waals surface area contributed by atoms with Gasteiger partial charge in [0.05, 0.1) is 16.6 Å². The summed E-state index contributed by atoms with van der Waals surface area (Å²) in [5.41, 5.74) is 3.11. The predicted molar refractivity (Wildman–Crippen MR) is 113 cm³/mol. The molecule has 0 bridgehead atoms. The summed E-state index contributed by atoms with van der Waals surface area (Å²) in [5, 5.41) is 16.2. The SMILES string of the molecule is CC(C)Oc1ccc(-c2nc(-c3cccc4c(CC[N+](=O)[O-])c[nH]c34)no2)cc1Cl. The topological polar surface area (TPSA) is 107 Å². The number of rotatable bonds is 7. The highest BCUT2D eigenvalue weighted by Crippen LogP contribution is 2.33. The monoisotopic (exact) mass is 426 g/mol. The predicted octanol–water partition coefficient (Wildman–Crippen LogP) is 5.14. The number of benzene rings is 2. The molecule has 9 heteroatoms. The second kappa shape index (κ2) is 8.16. The molecular weight excluding hydrogens is 408 g/mol. The van der Waals surface area contributed by atoms with Gasteiger partial charge in [-0.15, -0.1) is 0 Å². The van der Waals surface area contributed by atoms with E-state index in [1.54, 1.807) is 18.3 Å². The van der Waals surface area contributed by atoms with Crippen molar-refractivity contribution in [3.8, 4) is 28.6 Å². The molecule has 1 N–H and O–H groups in total. The zero-order valence-electron chi connectivity index (χ0n) is 16.4. The number of nitro groups is 1. The first kappa shape index (κ1) is 19.9. The van der Waals surface area contributed by atoms with Crippen LogP contribution in [0, 0.1) is 10.1 Å². The molecule has 0 saturated carbocycles. The van der Waals surface area contributed by atoms with Crippen LogP contribution in [0.25, 0.3) is 33.7 Å². The fourth-order valence-corrected chi connectivity index (χ4v) is 3.48. The van der Waals surface area contributed by atoms with Gasteiger partial charge in [-0.25, -0.2) is 0 Å². The van der Waals surface area contributed by atoms with Crippen LogP contribution in [0.3, 0.4) is 0 Å². The summed E-state index contributed by atoms with van der Waals surface area (Å²) < 4.78 is 11.1. The summed E-state index contributed by atoms with van der Waals surface area (Å²) in [5.74, 6) is 1.34. The summed E-state index contributed by atoms with van der Waals surface area (Å²) >= 11 is 6.31. The van der Waals surface area contributed by atoms with Crippen molar-refractivity contribution in [3.05, 3.63) is 63.3 Å². The first-order chi connectivity index (χ1) is 14.4. The van der Waals surface area contributed by atoms with Gasteiger partial charge in [0, 0.05) is 34.1 Å². The minimum absolute atomic E-state index is 0.0138. The molecule has 2 aromatic heterocycles. The highest BCUT2D eigenvalue weighted by atomic mass is 35.5. The molecule has 0 saturated heterocycles. The van der Waals surface area contributed by atoms with Crippen molar-refractivity contribution >= 4 is 22.5 Å². The van der Waals surface area contributed by atoms with Gasteiger partial charge < -0.3 is 14.2 Å². The smallest absolute Gasteiger partial charge is 0.258 e. The van der Waals surface area contributed by atoms with E-state index in [0.29, 0.717) is 34.5 Å². The van der Waals surface area contributed by atoms with E-state index in [1.807, 2.05) is 38.1 Å². The van der Waals surface area contributed by atoms with Gasteiger partial charge in [-0.2, -0.15) is 4.98 Å². The van der Waals surface area contributed by atoms with Crippen molar-refractivity contribution in [2.75, 3.05) is 6.54 Å². The van der Waals surface area contributed by atoms with Crippen molar-refractivity contribution in [3.63, 3.8) is 0 Å². The first-order valence-electron chi connectivity index (χ1n) is 9.44. The van der Waals surface area contributed by atoms with Gasteiger partial charge in [0.2, 0.25) is 12.4 Å². The lowest BCUT2D eigenvalue weighted by Gasteiger charge is -2.11. The highest BCUT2D eigenvalue weighted by Gasteiger charge is 2.17. The molecule has 0 aliphatic heterocycles. The maximum atomic E-state index is 10.7. The van der Waals surface area contributed by atoms with E-state index in [2.05, 4.69) is 15.1 Å². The van der Waals surface area contributed by atoms with Crippen molar-refractivity contribution in [2.24, 2.45) is 0 Å². The van der Waals surface area contributed by atoms with E-state index < -0.39 is 0 Å².